The zero-order valence-corrected chi connectivity index (χ0v) is 13.6. The number of benzene rings is 2. The summed E-state index contributed by atoms with van der Waals surface area (Å²) >= 11 is 0. The number of aromatic nitrogens is 1. The van der Waals surface area contributed by atoms with Crippen molar-refractivity contribution in [2.45, 2.75) is 12.5 Å². The van der Waals surface area contributed by atoms with Gasteiger partial charge in [0, 0.05) is 12.4 Å². The van der Waals surface area contributed by atoms with E-state index >= 15 is 0 Å². The molecule has 0 spiro atoms. The van der Waals surface area contributed by atoms with Crippen LogP contribution in [0.4, 0.5) is 0 Å². The molecule has 5 heteroatoms. The minimum Gasteiger partial charge on any atom is -0.484 e. The lowest BCUT2D eigenvalue weighted by atomic mass is 9.96. The van der Waals surface area contributed by atoms with Gasteiger partial charge in [0.2, 0.25) is 0 Å². The van der Waals surface area contributed by atoms with E-state index in [0.717, 1.165) is 5.56 Å². The maximum absolute atomic E-state index is 12.2. The topological polar surface area (TPSA) is 65.5 Å². The molecule has 1 atom stereocenters. The van der Waals surface area contributed by atoms with E-state index in [0.29, 0.717) is 22.6 Å². The largest absolute Gasteiger partial charge is 0.484 e. The van der Waals surface area contributed by atoms with Gasteiger partial charge in [0.1, 0.15) is 17.6 Å². The average molecular weight is 343 g/mol. The standard InChI is InChI=1S/C21H13NO4/c23-18-12-20(26-19-6-2-1-5-17(18)19)14-7-9-16(10-8-14)25-21(24)15-4-3-11-22-13-15/h1,3-4,6-11,13,20H,12H2. The van der Waals surface area contributed by atoms with Gasteiger partial charge >= 0.3 is 5.97 Å². The number of Topliss-reactive ketones (excluding diaryl/α,β-unsaturated/α-hetero) is 1. The van der Waals surface area contributed by atoms with E-state index in [-0.39, 0.29) is 18.3 Å². The fourth-order valence-corrected chi connectivity index (χ4v) is 2.74. The van der Waals surface area contributed by atoms with Crippen LogP contribution in [0, 0.1) is 12.1 Å². The van der Waals surface area contributed by atoms with E-state index in [4.69, 9.17) is 9.47 Å². The lowest BCUT2D eigenvalue weighted by Gasteiger charge is -2.25. The summed E-state index contributed by atoms with van der Waals surface area (Å²) in [5.74, 6) is 0.403. The lowest BCUT2D eigenvalue weighted by molar-refractivity contribution is 0.0734. The molecule has 0 aliphatic carbocycles. The van der Waals surface area contributed by atoms with Gasteiger partial charge in [0.15, 0.2) is 5.78 Å². The van der Waals surface area contributed by atoms with Gasteiger partial charge in [-0.05, 0) is 54.1 Å². The van der Waals surface area contributed by atoms with Gasteiger partial charge in [-0.15, -0.1) is 0 Å². The molecule has 0 amide bonds. The Morgan fingerprint density at radius 3 is 2.85 bits per heavy atom. The molecule has 2 aromatic carbocycles. The smallest absolute Gasteiger partial charge is 0.345 e. The molecule has 2 radical (unpaired) electrons. The second-order valence-corrected chi connectivity index (χ2v) is 5.77. The second-order valence-electron chi connectivity index (χ2n) is 5.77. The Morgan fingerprint density at radius 2 is 2.08 bits per heavy atom. The third-order valence-electron chi connectivity index (χ3n) is 4.04. The van der Waals surface area contributed by atoms with E-state index in [1.54, 1.807) is 54.7 Å². The molecule has 0 saturated heterocycles. The van der Waals surface area contributed by atoms with E-state index < -0.39 is 5.97 Å². The monoisotopic (exact) mass is 343 g/mol. The summed E-state index contributed by atoms with van der Waals surface area (Å²) in [6.45, 7) is 0. The molecule has 0 saturated carbocycles. The first-order valence-electron chi connectivity index (χ1n) is 8.04. The second kappa shape index (κ2) is 6.80. The number of ether oxygens (including phenoxy) is 2. The molecule has 3 aromatic rings. The summed E-state index contributed by atoms with van der Waals surface area (Å²) in [4.78, 5) is 28.2. The number of esters is 1. The van der Waals surface area contributed by atoms with E-state index in [1.807, 2.05) is 0 Å². The van der Waals surface area contributed by atoms with Crippen molar-refractivity contribution in [2.24, 2.45) is 0 Å². The summed E-state index contributed by atoms with van der Waals surface area (Å²) in [7, 11) is 0. The van der Waals surface area contributed by atoms with Crippen LogP contribution < -0.4 is 9.47 Å². The Labute approximate surface area is 150 Å². The number of pyridine rings is 1. The number of hydrogen-bond donors (Lipinski definition) is 0. The van der Waals surface area contributed by atoms with Crippen LogP contribution in [-0.4, -0.2) is 16.7 Å². The Hall–Kier alpha value is -3.47. The van der Waals surface area contributed by atoms with E-state index in [9.17, 15) is 9.59 Å². The molecule has 4 rings (SSSR count). The molecule has 1 aliphatic rings. The molecular weight excluding hydrogens is 330 g/mol. The SMILES string of the molecule is O=C(Oc1ccc(C2CC(=O)c3[c]c[c]cc3O2)cc1)c1cccnc1. The molecule has 0 bridgehead atoms. The number of nitrogens with zero attached hydrogens (tertiary/aromatic N) is 1. The number of ketones is 1. The molecule has 5 nitrogen and oxygen atoms in total. The molecule has 0 fully saturated rings. The maximum atomic E-state index is 12.2. The Balaban J connectivity index is 1.48. The van der Waals surface area contributed by atoms with Crippen molar-refractivity contribution >= 4 is 11.8 Å². The number of hydrogen-bond acceptors (Lipinski definition) is 5. The van der Waals surface area contributed by atoms with Gasteiger partial charge in [-0.1, -0.05) is 12.1 Å². The molecule has 26 heavy (non-hydrogen) atoms. The summed E-state index contributed by atoms with van der Waals surface area (Å²) in [6.07, 6.45) is 2.89. The zero-order chi connectivity index (χ0) is 17.9. The van der Waals surface area contributed by atoms with Gasteiger partial charge < -0.3 is 9.47 Å². The number of fused-ring (bicyclic) bond motifs is 1. The zero-order valence-electron chi connectivity index (χ0n) is 13.6. The summed E-state index contributed by atoms with van der Waals surface area (Å²) in [5.41, 5.74) is 1.66. The van der Waals surface area contributed by atoms with Crippen LogP contribution in [0.3, 0.4) is 0 Å². The fraction of sp³-hybridized carbons (Fsp3) is 0.0952. The highest BCUT2D eigenvalue weighted by molar-refractivity contribution is 5.99. The van der Waals surface area contributed by atoms with Crippen molar-refractivity contribution < 1.29 is 19.1 Å². The van der Waals surface area contributed by atoms with Gasteiger partial charge in [0.25, 0.3) is 0 Å². The number of carbonyl (C=O) groups excluding carboxylic acids is 2. The van der Waals surface area contributed by atoms with Crippen molar-refractivity contribution in [1.29, 1.82) is 0 Å². The van der Waals surface area contributed by atoms with Gasteiger partial charge in [0.05, 0.1) is 17.5 Å². The molecule has 126 valence electrons. The summed E-state index contributed by atoms with van der Waals surface area (Å²) in [6, 6.07) is 19.2. The fourth-order valence-electron chi connectivity index (χ4n) is 2.74. The van der Waals surface area contributed by atoms with E-state index in [1.165, 1.54) is 6.20 Å². The predicted octanol–water partition coefficient (Wildman–Crippen LogP) is 3.61. The Kier molecular flexibility index (Phi) is 4.19. The summed E-state index contributed by atoms with van der Waals surface area (Å²) < 4.78 is 11.2. The molecule has 0 N–H and O–H groups in total. The van der Waals surface area contributed by atoms with Crippen LogP contribution in [0.1, 0.15) is 38.8 Å². The van der Waals surface area contributed by atoms with Crippen LogP contribution in [0.25, 0.3) is 0 Å². The molecule has 2 heterocycles. The third kappa shape index (κ3) is 3.19. The average Bonchev–Trinajstić information content (AvgIpc) is 2.69. The Bertz CT molecular complexity index is 951. The quantitative estimate of drug-likeness (QED) is 0.537. The normalized spacial score (nSPS) is 15.7. The van der Waals surface area contributed by atoms with Gasteiger partial charge in [-0.2, -0.15) is 0 Å². The van der Waals surface area contributed by atoms with Crippen molar-refractivity contribution in [3.05, 3.63) is 89.7 Å². The number of rotatable bonds is 3. The minimum atomic E-state index is -0.477. The molecule has 1 aliphatic heterocycles. The van der Waals surface area contributed by atoms with Crippen LogP contribution >= 0.6 is 0 Å². The predicted molar refractivity (Wildman–Crippen MR) is 92.1 cm³/mol. The first-order valence-corrected chi connectivity index (χ1v) is 8.04. The first-order chi connectivity index (χ1) is 12.7. The lowest BCUT2D eigenvalue weighted by Crippen LogP contribution is -2.20. The van der Waals surface area contributed by atoms with E-state index in [2.05, 4.69) is 17.1 Å². The van der Waals surface area contributed by atoms with Crippen molar-refractivity contribution in [3.8, 4) is 11.5 Å². The molecular formula is C21H13NO4. The molecule has 1 aromatic heterocycles. The van der Waals surface area contributed by atoms with Crippen molar-refractivity contribution in [3.63, 3.8) is 0 Å². The first kappa shape index (κ1) is 16.0. The van der Waals surface area contributed by atoms with Crippen molar-refractivity contribution in [1.82, 2.24) is 4.98 Å². The number of carbonyl (C=O) groups is 2. The highest BCUT2D eigenvalue weighted by Crippen LogP contribution is 2.34. The van der Waals surface area contributed by atoms with Crippen LogP contribution in [-0.2, 0) is 0 Å². The summed E-state index contributed by atoms with van der Waals surface area (Å²) in [5, 5.41) is 0. The highest BCUT2D eigenvalue weighted by atomic mass is 16.5. The van der Waals surface area contributed by atoms with Gasteiger partial charge in [-0.3, -0.25) is 9.78 Å². The van der Waals surface area contributed by atoms with Crippen molar-refractivity contribution in [2.75, 3.05) is 0 Å². The Morgan fingerprint density at radius 1 is 1.23 bits per heavy atom. The third-order valence-corrected chi connectivity index (χ3v) is 4.04. The molecule has 1 unspecified atom stereocenters. The van der Waals surface area contributed by atoms with Gasteiger partial charge in [-0.25, -0.2) is 4.79 Å². The minimum absolute atomic E-state index is 0.0164. The highest BCUT2D eigenvalue weighted by Gasteiger charge is 2.27. The van der Waals surface area contributed by atoms with Crippen LogP contribution in [0.5, 0.6) is 11.5 Å². The maximum Gasteiger partial charge on any atom is 0.345 e. The van der Waals surface area contributed by atoms with Crippen LogP contribution in [0.2, 0.25) is 0 Å². The van der Waals surface area contributed by atoms with Crippen LogP contribution in [0.15, 0.2) is 60.9 Å².